The molecule has 7 heteroatoms. The van der Waals surface area contributed by atoms with E-state index in [1.54, 1.807) is 60.7 Å². The van der Waals surface area contributed by atoms with Crippen LogP contribution in [0.3, 0.4) is 0 Å². The molecular weight excluding hydrogens is 509 g/mol. The van der Waals surface area contributed by atoms with E-state index in [1.165, 1.54) is 26.4 Å². The number of anilines is 1. The molecule has 0 bridgehead atoms. The lowest BCUT2D eigenvalue weighted by atomic mass is 9.63. The first kappa shape index (κ1) is 26.0. The summed E-state index contributed by atoms with van der Waals surface area (Å²) in [6, 6.07) is 14.8. The van der Waals surface area contributed by atoms with Gasteiger partial charge in [-0.25, -0.2) is 4.39 Å². The molecule has 3 aliphatic rings. The molecule has 1 spiro atoms. The number of para-hydroxylation sites is 1. The maximum absolute atomic E-state index is 14.7. The van der Waals surface area contributed by atoms with Gasteiger partial charge >= 0.3 is 0 Å². The molecule has 6 rings (SSSR count). The predicted molar refractivity (Wildman–Crippen MR) is 150 cm³/mol. The number of carbonyl (C=O) groups excluding carboxylic acids is 3. The lowest BCUT2D eigenvalue weighted by Gasteiger charge is -2.38. The van der Waals surface area contributed by atoms with Crippen LogP contribution in [0, 0.1) is 16.6 Å². The molecule has 1 aliphatic carbocycles. The first-order chi connectivity index (χ1) is 19.1. The van der Waals surface area contributed by atoms with Crippen molar-refractivity contribution in [3.05, 3.63) is 94.8 Å². The van der Waals surface area contributed by atoms with Crippen molar-refractivity contribution in [3.8, 4) is 11.5 Å². The fourth-order valence-corrected chi connectivity index (χ4v) is 6.89. The minimum Gasteiger partial charge on any atom is -0.493 e. The number of rotatable bonds is 4. The van der Waals surface area contributed by atoms with Gasteiger partial charge in [0, 0.05) is 39.3 Å². The molecule has 1 saturated heterocycles. The number of methoxy groups -OCH3 is 2. The number of nitrogens with zero attached hydrogens (tertiary/aromatic N) is 1. The third-order valence-corrected chi connectivity index (χ3v) is 8.54. The van der Waals surface area contributed by atoms with Crippen molar-refractivity contribution < 1.29 is 28.2 Å². The van der Waals surface area contributed by atoms with Crippen LogP contribution in [0.5, 0.6) is 11.5 Å². The number of hydrogen-bond donors (Lipinski definition) is 0. The topological polar surface area (TPSA) is 72.9 Å². The number of carbonyl (C=O) groups is 3. The molecule has 0 amide bonds. The van der Waals surface area contributed by atoms with Gasteiger partial charge in [-0.05, 0) is 24.3 Å². The van der Waals surface area contributed by atoms with Gasteiger partial charge < -0.3 is 14.4 Å². The van der Waals surface area contributed by atoms with Crippen molar-refractivity contribution in [3.63, 3.8) is 0 Å². The summed E-state index contributed by atoms with van der Waals surface area (Å²) in [5, 5.41) is 0. The number of halogens is 1. The first-order valence-corrected chi connectivity index (χ1v) is 13.3. The number of hydrogen-bond acceptors (Lipinski definition) is 6. The molecule has 2 aliphatic heterocycles. The maximum atomic E-state index is 14.7. The van der Waals surface area contributed by atoms with Gasteiger partial charge in [0.15, 0.2) is 28.8 Å². The van der Waals surface area contributed by atoms with E-state index in [9.17, 15) is 18.8 Å². The number of Topliss-reactive ketones (excluding diaryl/α,β-unsaturated/α-hetero) is 3. The highest BCUT2D eigenvalue weighted by Gasteiger charge is 2.72. The second-order valence-electron chi connectivity index (χ2n) is 11.6. The van der Waals surface area contributed by atoms with E-state index in [4.69, 9.17) is 9.47 Å². The molecule has 40 heavy (non-hydrogen) atoms. The Labute approximate surface area is 232 Å². The summed E-state index contributed by atoms with van der Waals surface area (Å²) in [7, 11) is 3.02. The largest absolute Gasteiger partial charge is 0.493 e. The van der Waals surface area contributed by atoms with Gasteiger partial charge in [-0.15, -0.1) is 0 Å². The molecule has 2 heterocycles. The second kappa shape index (κ2) is 8.88. The highest BCUT2D eigenvalue weighted by Crippen LogP contribution is 2.62. The Kier molecular flexibility index (Phi) is 5.77. The van der Waals surface area contributed by atoms with E-state index in [0.29, 0.717) is 39.4 Å². The van der Waals surface area contributed by atoms with E-state index in [1.807, 2.05) is 25.7 Å². The average Bonchev–Trinajstić information content (AvgIpc) is 3.37. The Bertz CT molecular complexity index is 1580. The zero-order valence-electron chi connectivity index (χ0n) is 23.0. The standard InChI is InChI=1S/C33H30FNO5/c1-32(2,3)31(38)27-26(22-11-8-12-24(39-4)28(22)40-5)33(29(36)20-9-6-7-10-21(20)30(33)37)25-16-13-18-17-19(34)14-15-23(18)35(25)27/h6-17,25-27H,1-5H3/t25?,26-,27+/m1/s1. The Morgan fingerprint density at radius 3 is 2.20 bits per heavy atom. The van der Waals surface area contributed by atoms with Crippen molar-refractivity contribution in [1.82, 2.24) is 0 Å². The van der Waals surface area contributed by atoms with Gasteiger partial charge in [0.1, 0.15) is 11.2 Å². The van der Waals surface area contributed by atoms with Crippen molar-refractivity contribution in [1.29, 1.82) is 0 Å². The minimum atomic E-state index is -1.67. The molecule has 1 unspecified atom stereocenters. The lowest BCUT2D eigenvalue weighted by Crippen LogP contribution is -2.49. The normalized spacial score (nSPS) is 22.2. The van der Waals surface area contributed by atoms with E-state index in [-0.39, 0.29) is 17.3 Å². The molecule has 204 valence electrons. The molecule has 3 aromatic carbocycles. The summed E-state index contributed by atoms with van der Waals surface area (Å²) in [5.74, 6) is -1.37. The fourth-order valence-electron chi connectivity index (χ4n) is 6.89. The van der Waals surface area contributed by atoms with Gasteiger partial charge in [0.05, 0.1) is 26.3 Å². The summed E-state index contributed by atoms with van der Waals surface area (Å²) in [4.78, 5) is 45.8. The van der Waals surface area contributed by atoms with Crippen LogP contribution >= 0.6 is 0 Å². The van der Waals surface area contributed by atoms with Crippen LogP contribution in [0.25, 0.3) is 6.08 Å². The molecule has 1 fully saturated rings. The van der Waals surface area contributed by atoms with E-state index in [2.05, 4.69) is 0 Å². The average molecular weight is 540 g/mol. The molecule has 3 aromatic rings. The Hall–Kier alpha value is -4.26. The van der Waals surface area contributed by atoms with Gasteiger partial charge in [-0.2, -0.15) is 0 Å². The lowest BCUT2D eigenvalue weighted by molar-refractivity contribution is -0.127. The first-order valence-electron chi connectivity index (χ1n) is 13.3. The van der Waals surface area contributed by atoms with Crippen LogP contribution in [0.4, 0.5) is 10.1 Å². The molecule has 0 aromatic heterocycles. The molecule has 0 saturated carbocycles. The highest BCUT2D eigenvalue weighted by atomic mass is 19.1. The van der Waals surface area contributed by atoms with Gasteiger partial charge in [0.2, 0.25) is 0 Å². The van der Waals surface area contributed by atoms with Crippen molar-refractivity contribution in [2.75, 3.05) is 19.1 Å². The van der Waals surface area contributed by atoms with Gasteiger partial charge in [-0.3, -0.25) is 14.4 Å². The highest BCUT2D eigenvalue weighted by molar-refractivity contribution is 6.32. The van der Waals surface area contributed by atoms with Crippen LogP contribution in [0.15, 0.2) is 66.7 Å². The SMILES string of the molecule is COc1cccc([C@@H]2[C@@H](C(=O)C(C)(C)C)N3c4ccc(F)cc4C=CC3C23C(=O)c2ccccc2C3=O)c1OC. The zero-order chi connectivity index (χ0) is 28.6. The molecule has 0 N–H and O–H groups in total. The summed E-state index contributed by atoms with van der Waals surface area (Å²) < 4.78 is 25.8. The van der Waals surface area contributed by atoms with E-state index < -0.39 is 34.6 Å². The Morgan fingerprint density at radius 2 is 1.60 bits per heavy atom. The maximum Gasteiger partial charge on any atom is 0.180 e. The summed E-state index contributed by atoms with van der Waals surface area (Å²) in [5.41, 5.74) is -0.126. The van der Waals surface area contributed by atoms with Crippen LogP contribution in [0.1, 0.15) is 58.5 Å². The number of ether oxygens (including phenoxy) is 2. The van der Waals surface area contributed by atoms with Crippen molar-refractivity contribution in [2.45, 2.75) is 38.8 Å². The Morgan fingerprint density at radius 1 is 0.925 bits per heavy atom. The molecule has 6 nitrogen and oxygen atoms in total. The Balaban J connectivity index is 1.74. The van der Waals surface area contributed by atoms with Crippen LogP contribution < -0.4 is 14.4 Å². The third-order valence-electron chi connectivity index (χ3n) is 8.54. The van der Waals surface area contributed by atoms with E-state index >= 15 is 0 Å². The monoisotopic (exact) mass is 539 g/mol. The van der Waals surface area contributed by atoms with Crippen molar-refractivity contribution >= 4 is 29.1 Å². The number of ketones is 3. The molecule has 0 radical (unpaired) electrons. The third kappa shape index (κ3) is 3.30. The van der Waals surface area contributed by atoms with E-state index in [0.717, 1.165) is 0 Å². The second-order valence-corrected chi connectivity index (χ2v) is 11.6. The quantitative estimate of drug-likeness (QED) is 0.385. The zero-order valence-corrected chi connectivity index (χ0v) is 23.0. The summed E-state index contributed by atoms with van der Waals surface area (Å²) in [6.45, 7) is 5.48. The van der Waals surface area contributed by atoms with Crippen molar-refractivity contribution in [2.24, 2.45) is 10.8 Å². The minimum absolute atomic E-state index is 0.147. The van der Waals surface area contributed by atoms with Gasteiger partial charge in [0.25, 0.3) is 0 Å². The van der Waals surface area contributed by atoms with Crippen LogP contribution in [-0.4, -0.2) is 43.7 Å². The summed E-state index contributed by atoms with van der Waals surface area (Å²) >= 11 is 0. The summed E-state index contributed by atoms with van der Waals surface area (Å²) in [6.07, 6.45) is 3.52. The fraction of sp³-hybridized carbons (Fsp3) is 0.303. The smallest absolute Gasteiger partial charge is 0.180 e. The van der Waals surface area contributed by atoms with Crippen LogP contribution in [0.2, 0.25) is 0 Å². The predicted octanol–water partition coefficient (Wildman–Crippen LogP) is 5.89. The number of fused-ring (bicyclic) bond motifs is 5. The van der Waals surface area contributed by atoms with Gasteiger partial charge in [-0.1, -0.05) is 69.3 Å². The van der Waals surface area contributed by atoms with Crippen LogP contribution in [-0.2, 0) is 4.79 Å². The number of benzene rings is 3. The molecule has 3 atom stereocenters. The molecular formula is C33H30FNO5.